The molecule has 1 amide bonds. The normalized spacial score (nSPS) is 12.2. The third-order valence-electron chi connectivity index (χ3n) is 3.92. The Hall–Kier alpha value is -3.09. The van der Waals surface area contributed by atoms with E-state index in [1.165, 1.54) is 12.4 Å². The molecule has 1 unspecified atom stereocenters. The second-order valence-electron chi connectivity index (χ2n) is 6.13. The molecule has 128 valence electrons. The van der Waals surface area contributed by atoms with E-state index >= 15 is 0 Å². The van der Waals surface area contributed by atoms with Crippen LogP contribution in [0, 0.1) is 5.92 Å². The van der Waals surface area contributed by atoms with Crippen molar-refractivity contribution in [3.63, 3.8) is 0 Å². The fourth-order valence-electron chi connectivity index (χ4n) is 2.52. The summed E-state index contributed by atoms with van der Waals surface area (Å²) in [6, 6.07) is 3.50. The van der Waals surface area contributed by atoms with Crippen LogP contribution in [0.1, 0.15) is 36.1 Å². The highest BCUT2D eigenvalue weighted by Gasteiger charge is 2.22. The molecule has 0 spiro atoms. The van der Waals surface area contributed by atoms with E-state index in [0.29, 0.717) is 11.4 Å². The van der Waals surface area contributed by atoms with Gasteiger partial charge in [-0.3, -0.25) is 9.78 Å². The first kappa shape index (κ1) is 16.8. The molecular formula is C18H20N6O. The molecule has 0 saturated heterocycles. The molecule has 7 heteroatoms. The summed E-state index contributed by atoms with van der Waals surface area (Å²) in [7, 11) is 1.91. The summed E-state index contributed by atoms with van der Waals surface area (Å²) in [6.45, 7) is 4.09. The smallest absolute Gasteiger partial charge is 0.255 e. The maximum Gasteiger partial charge on any atom is 0.255 e. The topological polar surface area (TPSA) is 85.6 Å². The highest BCUT2D eigenvalue weighted by atomic mass is 16.1. The molecule has 0 saturated carbocycles. The van der Waals surface area contributed by atoms with Gasteiger partial charge in [-0.05, 0) is 18.1 Å². The average Bonchev–Trinajstić information content (AvgIpc) is 3.05. The molecule has 0 bridgehead atoms. The van der Waals surface area contributed by atoms with Gasteiger partial charge in [0.1, 0.15) is 5.82 Å². The fourth-order valence-corrected chi connectivity index (χ4v) is 2.52. The zero-order valence-corrected chi connectivity index (χ0v) is 14.4. The minimum Gasteiger partial charge on any atom is -0.342 e. The standard InChI is InChI=1S/C18H20N6O/c1-12(2)15(17-20-7-8-24(17)3)23-18(25)14-10-21-16(22-11-14)13-5-4-6-19-9-13/h4-12,15H,1-3H3,(H,23,25). The van der Waals surface area contributed by atoms with Crippen molar-refractivity contribution < 1.29 is 4.79 Å². The highest BCUT2D eigenvalue weighted by molar-refractivity contribution is 5.93. The summed E-state index contributed by atoms with van der Waals surface area (Å²) in [4.78, 5) is 29.5. The number of aryl methyl sites for hydroxylation is 1. The van der Waals surface area contributed by atoms with Crippen LogP contribution in [0.25, 0.3) is 11.4 Å². The van der Waals surface area contributed by atoms with Gasteiger partial charge in [0.05, 0.1) is 11.6 Å². The predicted octanol–water partition coefficient (Wildman–Crippen LogP) is 2.40. The first-order chi connectivity index (χ1) is 12.1. The second-order valence-corrected chi connectivity index (χ2v) is 6.13. The van der Waals surface area contributed by atoms with Crippen LogP contribution >= 0.6 is 0 Å². The van der Waals surface area contributed by atoms with Gasteiger partial charge >= 0.3 is 0 Å². The van der Waals surface area contributed by atoms with Crippen molar-refractivity contribution in [1.82, 2.24) is 29.8 Å². The van der Waals surface area contributed by atoms with Gasteiger partial charge in [-0.2, -0.15) is 0 Å². The molecule has 0 fully saturated rings. The molecule has 25 heavy (non-hydrogen) atoms. The Balaban J connectivity index is 1.77. The van der Waals surface area contributed by atoms with E-state index in [4.69, 9.17) is 0 Å². The summed E-state index contributed by atoms with van der Waals surface area (Å²) < 4.78 is 1.91. The molecule has 7 nitrogen and oxygen atoms in total. The molecular weight excluding hydrogens is 316 g/mol. The maximum atomic E-state index is 12.6. The monoisotopic (exact) mass is 336 g/mol. The van der Waals surface area contributed by atoms with E-state index in [1.54, 1.807) is 18.6 Å². The zero-order chi connectivity index (χ0) is 17.8. The average molecular weight is 336 g/mol. The van der Waals surface area contributed by atoms with Crippen LogP contribution in [0.2, 0.25) is 0 Å². The molecule has 0 aromatic carbocycles. The second kappa shape index (κ2) is 7.21. The minimum atomic E-state index is -0.223. The van der Waals surface area contributed by atoms with E-state index in [1.807, 2.05) is 43.8 Å². The summed E-state index contributed by atoms with van der Waals surface area (Å²) in [5.41, 5.74) is 1.22. The lowest BCUT2D eigenvalue weighted by atomic mass is 10.0. The number of nitrogens with zero attached hydrogens (tertiary/aromatic N) is 5. The highest BCUT2D eigenvalue weighted by Crippen LogP contribution is 2.20. The van der Waals surface area contributed by atoms with Gasteiger partial charge in [-0.1, -0.05) is 13.8 Å². The van der Waals surface area contributed by atoms with Gasteiger partial charge in [0, 0.05) is 49.8 Å². The maximum absolute atomic E-state index is 12.6. The van der Waals surface area contributed by atoms with Gasteiger partial charge in [0.2, 0.25) is 0 Å². The molecule has 3 heterocycles. The van der Waals surface area contributed by atoms with E-state index in [-0.39, 0.29) is 17.9 Å². The lowest BCUT2D eigenvalue weighted by molar-refractivity contribution is 0.0921. The summed E-state index contributed by atoms with van der Waals surface area (Å²) in [5, 5.41) is 3.02. The number of rotatable bonds is 5. The quantitative estimate of drug-likeness (QED) is 0.773. The van der Waals surface area contributed by atoms with Crippen LogP contribution in [0.4, 0.5) is 0 Å². The lowest BCUT2D eigenvalue weighted by Crippen LogP contribution is -2.33. The SMILES string of the molecule is CC(C)C(NC(=O)c1cnc(-c2cccnc2)nc1)c1nccn1C. The van der Waals surface area contributed by atoms with Gasteiger partial charge in [-0.25, -0.2) is 15.0 Å². The van der Waals surface area contributed by atoms with Crippen LogP contribution in [0.3, 0.4) is 0 Å². The first-order valence-electron chi connectivity index (χ1n) is 8.07. The molecule has 0 aliphatic carbocycles. The zero-order valence-electron chi connectivity index (χ0n) is 14.4. The van der Waals surface area contributed by atoms with Crippen LogP contribution in [0.15, 0.2) is 49.3 Å². The van der Waals surface area contributed by atoms with Crippen molar-refractivity contribution in [3.05, 3.63) is 60.7 Å². The van der Waals surface area contributed by atoms with Gasteiger partial charge in [-0.15, -0.1) is 0 Å². The number of aromatic nitrogens is 5. The van der Waals surface area contributed by atoms with Crippen molar-refractivity contribution in [1.29, 1.82) is 0 Å². The number of nitrogens with one attached hydrogen (secondary N) is 1. The molecule has 0 aliphatic heterocycles. The minimum absolute atomic E-state index is 0.189. The Morgan fingerprint density at radius 1 is 1.12 bits per heavy atom. The number of hydrogen-bond acceptors (Lipinski definition) is 5. The Morgan fingerprint density at radius 3 is 2.44 bits per heavy atom. The van der Waals surface area contributed by atoms with Gasteiger partial charge in [0.15, 0.2) is 5.82 Å². The molecule has 1 N–H and O–H groups in total. The number of pyridine rings is 1. The third kappa shape index (κ3) is 3.71. The van der Waals surface area contributed by atoms with Crippen molar-refractivity contribution in [2.45, 2.75) is 19.9 Å². The first-order valence-corrected chi connectivity index (χ1v) is 8.07. The number of hydrogen-bond donors (Lipinski definition) is 1. The van der Waals surface area contributed by atoms with Gasteiger partial charge < -0.3 is 9.88 Å². The Kier molecular flexibility index (Phi) is 4.83. The summed E-state index contributed by atoms with van der Waals surface area (Å²) in [5.74, 6) is 1.32. The fraction of sp³-hybridized carbons (Fsp3) is 0.278. The van der Waals surface area contributed by atoms with E-state index in [9.17, 15) is 4.79 Å². The van der Waals surface area contributed by atoms with E-state index in [0.717, 1.165) is 11.4 Å². The number of carbonyl (C=O) groups is 1. The van der Waals surface area contributed by atoms with Crippen molar-refractivity contribution in [2.24, 2.45) is 13.0 Å². The number of carbonyl (C=O) groups excluding carboxylic acids is 1. The lowest BCUT2D eigenvalue weighted by Gasteiger charge is -2.22. The van der Waals surface area contributed by atoms with Crippen LogP contribution in [-0.4, -0.2) is 30.4 Å². The van der Waals surface area contributed by atoms with Gasteiger partial charge in [0.25, 0.3) is 5.91 Å². The van der Waals surface area contributed by atoms with E-state index in [2.05, 4.69) is 25.3 Å². The van der Waals surface area contributed by atoms with Crippen molar-refractivity contribution >= 4 is 5.91 Å². The molecule has 3 rings (SSSR count). The van der Waals surface area contributed by atoms with Crippen molar-refractivity contribution in [3.8, 4) is 11.4 Å². The van der Waals surface area contributed by atoms with Crippen molar-refractivity contribution in [2.75, 3.05) is 0 Å². The molecule has 0 aliphatic rings. The number of amides is 1. The molecule has 1 atom stereocenters. The van der Waals surface area contributed by atoms with Crippen LogP contribution in [-0.2, 0) is 7.05 Å². The summed E-state index contributed by atoms with van der Waals surface area (Å²) >= 11 is 0. The Labute approximate surface area is 146 Å². The largest absolute Gasteiger partial charge is 0.342 e. The predicted molar refractivity (Wildman–Crippen MR) is 93.5 cm³/mol. The Bertz CT molecular complexity index is 842. The van der Waals surface area contributed by atoms with E-state index < -0.39 is 0 Å². The Morgan fingerprint density at radius 2 is 1.88 bits per heavy atom. The van der Waals surface area contributed by atoms with Crippen LogP contribution in [0.5, 0.6) is 0 Å². The summed E-state index contributed by atoms with van der Waals surface area (Å²) in [6.07, 6.45) is 10.0. The third-order valence-corrected chi connectivity index (χ3v) is 3.92. The molecule has 3 aromatic heterocycles. The number of imidazole rings is 1. The molecule has 0 radical (unpaired) electrons. The molecule has 3 aromatic rings. The van der Waals surface area contributed by atoms with Crippen LogP contribution < -0.4 is 5.32 Å².